The number of fused-ring (bicyclic) bond motifs is 5. The number of ketones is 1. The molecule has 4 aliphatic rings. The molecule has 2 saturated carbocycles. The second-order valence-electron chi connectivity index (χ2n) is 9.69. The quantitative estimate of drug-likeness (QED) is 0.297. The Morgan fingerprint density at radius 1 is 1.14 bits per heavy atom. The van der Waals surface area contributed by atoms with Gasteiger partial charge in [0.05, 0.1) is 42.5 Å². The van der Waals surface area contributed by atoms with E-state index in [0.717, 1.165) is 0 Å². The number of aliphatic hydroxyl groups excluding tert-OH is 4. The smallest absolute Gasteiger partial charge is 0.174 e. The van der Waals surface area contributed by atoms with Crippen molar-refractivity contribution in [3.63, 3.8) is 0 Å². The molecule has 1 heterocycles. The minimum Gasteiger partial charge on any atom is -0.395 e. The van der Waals surface area contributed by atoms with Crippen LogP contribution in [0, 0.1) is 16.7 Å². The maximum absolute atomic E-state index is 13.5. The third-order valence-corrected chi connectivity index (χ3v) is 8.52. The van der Waals surface area contributed by atoms with Crippen molar-refractivity contribution in [1.29, 1.82) is 0 Å². The van der Waals surface area contributed by atoms with E-state index >= 15 is 0 Å². The van der Waals surface area contributed by atoms with Gasteiger partial charge < -0.3 is 35.4 Å². The molecule has 3 aliphatic carbocycles. The summed E-state index contributed by atoms with van der Waals surface area (Å²) in [5.41, 5.74) is -5.58. The number of rotatable bonds is 1. The van der Waals surface area contributed by atoms with Gasteiger partial charge in [0, 0.05) is 24.2 Å². The van der Waals surface area contributed by atoms with Crippen molar-refractivity contribution in [2.45, 2.75) is 75.7 Å². The van der Waals surface area contributed by atoms with E-state index in [0.29, 0.717) is 5.57 Å². The molecule has 3 fully saturated rings. The van der Waals surface area contributed by atoms with Crippen LogP contribution in [0.2, 0.25) is 0 Å². The van der Waals surface area contributed by atoms with E-state index in [1.54, 1.807) is 13.8 Å². The molecule has 2 unspecified atom stereocenters. The number of ether oxygens (including phenoxy) is 1. The summed E-state index contributed by atoms with van der Waals surface area (Å²) < 4.78 is 5.42. The zero-order valence-corrected chi connectivity index (χ0v) is 16.4. The van der Waals surface area contributed by atoms with Crippen molar-refractivity contribution in [1.82, 2.24) is 0 Å². The number of hydrogen-bond acceptors (Lipinski definition) is 8. The molecular formula is C20H30O8. The molecule has 2 bridgehead atoms. The first-order chi connectivity index (χ1) is 12.9. The molecule has 8 nitrogen and oxygen atoms in total. The summed E-state index contributed by atoms with van der Waals surface area (Å²) in [5, 5.41) is 65.7. The van der Waals surface area contributed by atoms with Gasteiger partial charge in [-0.2, -0.15) is 0 Å². The monoisotopic (exact) mass is 398 g/mol. The van der Waals surface area contributed by atoms with Gasteiger partial charge in [-0.25, -0.2) is 0 Å². The van der Waals surface area contributed by atoms with Crippen LogP contribution in [0.15, 0.2) is 11.1 Å². The average molecular weight is 398 g/mol. The number of carbonyl (C=O) groups is 1. The predicted molar refractivity (Wildman–Crippen MR) is 96.0 cm³/mol. The topological polar surface area (TPSA) is 148 Å². The van der Waals surface area contributed by atoms with Crippen LogP contribution in [0.4, 0.5) is 0 Å². The lowest BCUT2D eigenvalue weighted by Crippen LogP contribution is -2.77. The van der Waals surface area contributed by atoms with E-state index in [-0.39, 0.29) is 31.4 Å². The highest BCUT2D eigenvalue weighted by Crippen LogP contribution is 2.62. The molecule has 9 atom stereocenters. The van der Waals surface area contributed by atoms with E-state index in [1.165, 1.54) is 6.92 Å². The van der Waals surface area contributed by atoms with Crippen LogP contribution >= 0.6 is 0 Å². The van der Waals surface area contributed by atoms with E-state index in [2.05, 4.69) is 0 Å². The van der Waals surface area contributed by atoms with Crippen LogP contribution in [0.1, 0.15) is 40.0 Å². The fraction of sp³-hybridized carbons (Fsp3) is 0.850. The van der Waals surface area contributed by atoms with Crippen LogP contribution < -0.4 is 0 Å². The summed E-state index contributed by atoms with van der Waals surface area (Å²) in [6.07, 6.45) is -4.83. The van der Waals surface area contributed by atoms with Crippen molar-refractivity contribution in [3.8, 4) is 0 Å². The van der Waals surface area contributed by atoms with Gasteiger partial charge in [0.2, 0.25) is 0 Å². The summed E-state index contributed by atoms with van der Waals surface area (Å²) in [6, 6.07) is 0. The number of aliphatic hydroxyl groups is 6. The van der Waals surface area contributed by atoms with Crippen LogP contribution in [-0.4, -0.2) is 85.3 Å². The molecule has 0 aromatic heterocycles. The van der Waals surface area contributed by atoms with E-state index in [4.69, 9.17) is 4.74 Å². The van der Waals surface area contributed by atoms with Gasteiger partial charge in [-0.3, -0.25) is 4.79 Å². The van der Waals surface area contributed by atoms with Crippen molar-refractivity contribution < 1.29 is 40.2 Å². The molecule has 28 heavy (non-hydrogen) atoms. The normalized spacial score (nSPS) is 56.3. The predicted octanol–water partition coefficient (Wildman–Crippen LogP) is -1.35. The van der Waals surface area contributed by atoms with Gasteiger partial charge in [-0.15, -0.1) is 0 Å². The second-order valence-corrected chi connectivity index (χ2v) is 9.69. The summed E-state index contributed by atoms with van der Waals surface area (Å²) in [5.74, 6) is -1.58. The lowest BCUT2D eigenvalue weighted by atomic mass is 9.45. The van der Waals surface area contributed by atoms with Crippen molar-refractivity contribution in [2.24, 2.45) is 16.7 Å². The molecule has 0 radical (unpaired) electrons. The molecular weight excluding hydrogens is 368 g/mol. The SMILES string of the molecule is CC1=C2[C@@H](O)C(=O)[C@@]3(C)C(C[C@](O)(C[C@@H]1O)C2(C)CO)[C@]1(O)CO[C@@H]1C[C@@H]3O. The fourth-order valence-corrected chi connectivity index (χ4v) is 6.28. The first-order valence-corrected chi connectivity index (χ1v) is 9.83. The van der Waals surface area contributed by atoms with Gasteiger partial charge in [-0.05, 0) is 31.4 Å². The van der Waals surface area contributed by atoms with Crippen LogP contribution in [0.3, 0.4) is 0 Å². The first kappa shape index (κ1) is 20.4. The Labute approximate surface area is 163 Å². The third kappa shape index (κ3) is 2.12. The van der Waals surface area contributed by atoms with Crippen molar-refractivity contribution >= 4 is 5.78 Å². The number of carbonyl (C=O) groups excluding carboxylic acids is 1. The zero-order valence-electron chi connectivity index (χ0n) is 16.4. The summed E-state index contributed by atoms with van der Waals surface area (Å²) in [4.78, 5) is 13.5. The van der Waals surface area contributed by atoms with E-state index in [9.17, 15) is 35.4 Å². The van der Waals surface area contributed by atoms with Crippen molar-refractivity contribution in [2.75, 3.05) is 13.2 Å². The van der Waals surface area contributed by atoms with Crippen molar-refractivity contribution in [3.05, 3.63) is 11.1 Å². The average Bonchev–Trinajstić information content (AvgIpc) is 2.64. The Balaban J connectivity index is 1.97. The maximum Gasteiger partial charge on any atom is 0.174 e. The standard InChI is InChI=1S/C20H30O8/c1-9-10(22)5-19(26)6-11-18(3,12(23)4-13-20(11,27)8-28-13)16(25)15(24)14(9)17(19,2)7-21/h10-13,15,21-24,26-27H,4-8H2,1-3H3/t10-,11?,12-,13+,15+,17?,18-,19+,20+/m0/s1. The molecule has 8 heteroatoms. The molecule has 0 aromatic rings. The minimum absolute atomic E-state index is 0.0375. The Kier molecular flexibility index (Phi) is 4.26. The van der Waals surface area contributed by atoms with E-state index < -0.39 is 64.8 Å². The molecule has 0 aromatic carbocycles. The molecule has 4 rings (SSSR count). The highest BCUT2D eigenvalue weighted by molar-refractivity contribution is 5.93. The fourth-order valence-electron chi connectivity index (χ4n) is 6.28. The number of Topliss-reactive ketones (excluding diaryl/α,β-unsaturated/α-hetero) is 1. The second kappa shape index (κ2) is 5.85. The molecule has 6 N–H and O–H groups in total. The minimum atomic E-state index is -1.72. The van der Waals surface area contributed by atoms with Gasteiger partial charge >= 0.3 is 0 Å². The number of hydrogen-bond donors (Lipinski definition) is 6. The van der Waals surface area contributed by atoms with Crippen LogP contribution in [0.5, 0.6) is 0 Å². The Morgan fingerprint density at radius 2 is 1.79 bits per heavy atom. The molecule has 0 amide bonds. The third-order valence-electron chi connectivity index (χ3n) is 8.52. The Bertz CT molecular complexity index is 750. The highest BCUT2D eigenvalue weighted by Gasteiger charge is 2.72. The van der Waals surface area contributed by atoms with Gasteiger partial charge in [0.1, 0.15) is 11.7 Å². The largest absolute Gasteiger partial charge is 0.395 e. The Hall–Kier alpha value is -0.870. The van der Waals surface area contributed by atoms with Crippen LogP contribution in [0.25, 0.3) is 0 Å². The van der Waals surface area contributed by atoms with Gasteiger partial charge in [0.15, 0.2) is 5.78 Å². The lowest BCUT2D eigenvalue weighted by Gasteiger charge is -2.65. The van der Waals surface area contributed by atoms with Crippen LogP contribution in [-0.2, 0) is 9.53 Å². The molecule has 158 valence electrons. The molecule has 1 saturated heterocycles. The zero-order chi connectivity index (χ0) is 20.9. The first-order valence-electron chi connectivity index (χ1n) is 9.83. The van der Waals surface area contributed by atoms with Gasteiger partial charge in [-0.1, -0.05) is 6.92 Å². The molecule has 1 aliphatic heterocycles. The summed E-state index contributed by atoms with van der Waals surface area (Å²) in [6.45, 7) is 4.08. The van der Waals surface area contributed by atoms with Gasteiger partial charge in [0.25, 0.3) is 0 Å². The highest BCUT2D eigenvalue weighted by atomic mass is 16.6. The molecule has 0 spiro atoms. The van der Waals surface area contributed by atoms with E-state index in [1.807, 2.05) is 0 Å². The lowest BCUT2D eigenvalue weighted by molar-refractivity contribution is -0.324. The summed E-state index contributed by atoms with van der Waals surface area (Å²) >= 11 is 0. The Morgan fingerprint density at radius 3 is 2.32 bits per heavy atom. The summed E-state index contributed by atoms with van der Waals surface area (Å²) in [7, 11) is 0. The maximum atomic E-state index is 13.5.